The predicted octanol–water partition coefficient (Wildman–Crippen LogP) is 4.16. The topological polar surface area (TPSA) is 50.3 Å². The maximum atomic E-state index is 13.2. The Morgan fingerprint density at radius 1 is 1.08 bits per heavy atom. The van der Waals surface area contributed by atoms with Crippen molar-refractivity contribution in [1.82, 2.24) is 4.98 Å². The monoisotopic (exact) mass is 358 g/mol. The van der Waals surface area contributed by atoms with E-state index in [1.807, 2.05) is 56.3 Å². The van der Waals surface area contributed by atoms with Crippen LogP contribution >= 0.6 is 11.3 Å². The lowest BCUT2D eigenvalue weighted by Crippen LogP contribution is -2.30. The first-order valence-corrected chi connectivity index (χ1v) is 9.77. The molecule has 24 heavy (non-hydrogen) atoms. The minimum absolute atomic E-state index is 0.247. The highest BCUT2D eigenvalue weighted by Gasteiger charge is 2.26. The molecule has 1 aromatic carbocycles. The summed E-state index contributed by atoms with van der Waals surface area (Å²) >= 11 is 1.29. The number of aryl methyl sites for hydroxylation is 2. The molecule has 3 rings (SSSR count). The Morgan fingerprint density at radius 3 is 2.54 bits per heavy atom. The van der Waals surface area contributed by atoms with E-state index in [1.165, 1.54) is 15.6 Å². The zero-order chi connectivity index (χ0) is 17.2. The van der Waals surface area contributed by atoms with Gasteiger partial charge in [0, 0.05) is 17.3 Å². The lowest BCUT2D eigenvalue weighted by Gasteiger charge is -2.24. The maximum Gasteiger partial charge on any atom is 0.274 e. The molecular formula is C18H18N2O2S2. The Bertz CT molecular complexity index is 934. The smallest absolute Gasteiger partial charge is 0.264 e. The average Bonchev–Trinajstić information content (AvgIpc) is 3.01. The van der Waals surface area contributed by atoms with E-state index in [1.54, 1.807) is 18.5 Å². The van der Waals surface area contributed by atoms with Crippen LogP contribution in [0.25, 0.3) is 0 Å². The van der Waals surface area contributed by atoms with Crippen molar-refractivity contribution in [3.05, 3.63) is 76.9 Å². The third kappa shape index (κ3) is 3.49. The highest BCUT2D eigenvalue weighted by Crippen LogP contribution is 2.30. The van der Waals surface area contributed by atoms with Crippen LogP contribution in [0.2, 0.25) is 0 Å². The van der Waals surface area contributed by atoms with Crippen LogP contribution < -0.4 is 4.31 Å². The molecule has 0 unspecified atom stereocenters. The lowest BCUT2D eigenvalue weighted by molar-refractivity contribution is 0.592. The Labute approximate surface area is 146 Å². The van der Waals surface area contributed by atoms with Crippen molar-refractivity contribution in [2.75, 3.05) is 4.31 Å². The van der Waals surface area contributed by atoms with E-state index in [0.717, 1.165) is 16.0 Å². The third-order valence-corrected chi connectivity index (χ3v) is 6.84. The fourth-order valence-corrected chi connectivity index (χ4v) is 5.26. The number of benzene rings is 1. The van der Waals surface area contributed by atoms with Crippen LogP contribution in [-0.2, 0) is 16.6 Å². The summed E-state index contributed by atoms with van der Waals surface area (Å²) in [6.45, 7) is 4.10. The highest BCUT2D eigenvalue weighted by molar-refractivity contribution is 7.94. The van der Waals surface area contributed by atoms with Gasteiger partial charge in [-0.2, -0.15) is 0 Å². The molecule has 3 aromatic rings. The van der Waals surface area contributed by atoms with Crippen molar-refractivity contribution in [3.63, 3.8) is 0 Å². The van der Waals surface area contributed by atoms with Crippen LogP contribution in [0, 0.1) is 13.8 Å². The van der Waals surface area contributed by atoms with Gasteiger partial charge < -0.3 is 0 Å². The van der Waals surface area contributed by atoms with Crippen molar-refractivity contribution < 1.29 is 8.42 Å². The van der Waals surface area contributed by atoms with Gasteiger partial charge in [0.25, 0.3) is 10.0 Å². The summed E-state index contributed by atoms with van der Waals surface area (Å²) < 4.78 is 28.2. The standard InChI is InChI=1S/C18H18N2O2S2/c1-14-5-3-7-17(11-14)20(13-16-6-4-10-19-12-16)24(21,22)18-9-8-15(2)23-18/h3-12H,13H2,1-2H3. The molecule has 0 saturated carbocycles. The van der Waals surface area contributed by atoms with E-state index >= 15 is 0 Å². The maximum absolute atomic E-state index is 13.2. The quantitative estimate of drug-likeness (QED) is 0.688. The number of rotatable bonds is 5. The van der Waals surface area contributed by atoms with Gasteiger partial charge in [0.15, 0.2) is 0 Å². The van der Waals surface area contributed by atoms with Gasteiger partial charge in [-0.05, 0) is 55.3 Å². The van der Waals surface area contributed by atoms with Crippen LogP contribution in [0.15, 0.2) is 65.1 Å². The summed E-state index contributed by atoms with van der Waals surface area (Å²) in [5.41, 5.74) is 2.52. The van der Waals surface area contributed by atoms with Gasteiger partial charge in [-0.1, -0.05) is 18.2 Å². The van der Waals surface area contributed by atoms with E-state index in [4.69, 9.17) is 0 Å². The highest BCUT2D eigenvalue weighted by atomic mass is 32.2. The van der Waals surface area contributed by atoms with Gasteiger partial charge in [-0.3, -0.25) is 9.29 Å². The molecule has 0 radical (unpaired) electrons. The van der Waals surface area contributed by atoms with E-state index in [2.05, 4.69) is 4.98 Å². The molecule has 4 nitrogen and oxygen atoms in total. The molecule has 6 heteroatoms. The van der Waals surface area contributed by atoms with Gasteiger partial charge in [0.1, 0.15) is 4.21 Å². The Morgan fingerprint density at radius 2 is 1.92 bits per heavy atom. The second-order valence-electron chi connectivity index (χ2n) is 5.58. The first-order valence-electron chi connectivity index (χ1n) is 7.51. The van der Waals surface area contributed by atoms with Crippen LogP contribution in [0.3, 0.4) is 0 Å². The number of hydrogen-bond donors (Lipinski definition) is 0. The molecule has 2 heterocycles. The van der Waals surface area contributed by atoms with Crippen molar-refractivity contribution in [3.8, 4) is 0 Å². The summed E-state index contributed by atoms with van der Waals surface area (Å²) in [5, 5.41) is 0. The molecule has 0 atom stereocenters. The Balaban J connectivity index is 2.08. The fourth-order valence-electron chi connectivity index (χ4n) is 2.41. The van der Waals surface area contributed by atoms with Crippen molar-refractivity contribution >= 4 is 27.0 Å². The normalized spacial score (nSPS) is 11.4. The Hall–Kier alpha value is -2.18. The van der Waals surface area contributed by atoms with E-state index in [-0.39, 0.29) is 6.54 Å². The molecular weight excluding hydrogens is 340 g/mol. The second-order valence-corrected chi connectivity index (χ2v) is 8.95. The molecule has 0 aliphatic rings. The number of hydrogen-bond acceptors (Lipinski definition) is 4. The fraction of sp³-hybridized carbons (Fsp3) is 0.167. The van der Waals surface area contributed by atoms with Crippen LogP contribution in [0.1, 0.15) is 16.0 Å². The first kappa shape index (κ1) is 16.7. The summed E-state index contributed by atoms with van der Waals surface area (Å²) in [6.07, 6.45) is 3.37. The SMILES string of the molecule is Cc1cccc(N(Cc2cccnc2)S(=O)(=O)c2ccc(C)s2)c1. The zero-order valence-electron chi connectivity index (χ0n) is 13.5. The molecule has 0 amide bonds. The van der Waals surface area contributed by atoms with E-state index in [9.17, 15) is 8.42 Å². The van der Waals surface area contributed by atoms with Crippen molar-refractivity contribution in [2.45, 2.75) is 24.6 Å². The third-order valence-electron chi connectivity index (χ3n) is 3.60. The molecule has 124 valence electrons. The zero-order valence-corrected chi connectivity index (χ0v) is 15.1. The van der Waals surface area contributed by atoms with Crippen LogP contribution in [-0.4, -0.2) is 13.4 Å². The van der Waals surface area contributed by atoms with Crippen molar-refractivity contribution in [2.24, 2.45) is 0 Å². The molecule has 0 bridgehead atoms. The predicted molar refractivity (Wildman–Crippen MR) is 97.8 cm³/mol. The van der Waals surface area contributed by atoms with Crippen LogP contribution in [0.5, 0.6) is 0 Å². The largest absolute Gasteiger partial charge is 0.274 e. The summed E-state index contributed by atoms with van der Waals surface area (Å²) in [4.78, 5) is 5.06. The molecule has 0 N–H and O–H groups in total. The van der Waals surface area contributed by atoms with Crippen molar-refractivity contribution in [1.29, 1.82) is 0 Å². The van der Waals surface area contributed by atoms with Gasteiger partial charge in [0.2, 0.25) is 0 Å². The lowest BCUT2D eigenvalue weighted by atomic mass is 10.2. The number of nitrogens with zero attached hydrogens (tertiary/aromatic N) is 2. The molecule has 0 aliphatic heterocycles. The van der Waals surface area contributed by atoms with E-state index < -0.39 is 10.0 Å². The molecule has 0 saturated heterocycles. The number of anilines is 1. The minimum Gasteiger partial charge on any atom is -0.264 e. The molecule has 0 fully saturated rings. The summed E-state index contributed by atoms with van der Waals surface area (Å²) in [6, 6.07) is 14.7. The van der Waals surface area contributed by atoms with E-state index in [0.29, 0.717) is 9.90 Å². The van der Waals surface area contributed by atoms with Gasteiger partial charge in [-0.15, -0.1) is 11.3 Å². The Kier molecular flexibility index (Phi) is 4.69. The summed E-state index contributed by atoms with van der Waals surface area (Å²) in [5.74, 6) is 0. The number of sulfonamides is 1. The first-order chi connectivity index (χ1) is 11.5. The number of thiophene rings is 1. The molecule has 2 aromatic heterocycles. The van der Waals surface area contributed by atoms with Gasteiger partial charge in [-0.25, -0.2) is 8.42 Å². The number of aromatic nitrogens is 1. The number of pyridine rings is 1. The van der Waals surface area contributed by atoms with Crippen LogP contribution in [0.4, 0.5) is 5.69 Å². The molecule has 0 aliphatic carbocycles. The average molecular weight is 358 g/mol. The summed E-state index contributed by atoms with van der Waals surface area (Å²) in [7, 11) is -3.62. The second kappa shape index (κ2) is 6.75. The van der Waals surface area contributed by atoms with Gasteiger partial charge in [0.05, 0.1) is 12.2 Å². The minimum atomic E-state index is -3.62. The van der Waals surface area contributed by atoms with Gasteiger partial charge >= 0.3 is 0 Å². The molecule has 0 spiro atoms.